The smallest absolute Gasteiger partial charge is 0.304 e. The molecule has 0 saturated carbocycles. The van der Waals surface area contributed by atoms with Gasteiger partial charge in [-0.25, -0.2) is 13.8 Å². The molecule has 3 rings (SSSR count). The molecule has 1 heterocycles. The Morgan fingerprint density at radius 2 is 2.04 bits per heavy atom. The van der Waals surface area contributed by atoms with Crippen molar-refractivity contribution in [1.29, 1.82) is 0 Å². The second-order valence-electron chi connectivity index (χ2n) is 5.64. The first-order chi connectivity index (χ1) is 12.5. The van der Waals surface area contributed by atoms with E-state index in [1.807, 2.05) is 0 Å². The molecule has 3 aromatic rings. The molecule has 0 amide bonds. The number of aromatic nitrogens is 1. The van der Waals surface area contributed by atoms with Gasteiger partial charge in [-0.1, -0.05) is 0 Å². The SMILES string of the molecule is COc1ccc(F)cc1-c1cc(F)cc(C(CC(=O)O)c2ncco2)c1. The Labute approximate surface area is 147 Å². The Hall–Kier alpha value is -3.22. The Bertz CT molecular complexity index is 925. The predicted octanol–water partition coefficient (Wildman–Crippen LogP) is 4.24. The van der Waals surface area contributed by atoms with E-state index in [9.17, 15) is 18.7 Å². The number of carboxylic acids is 1. The minimum Gasteiger partial charge on any atom is -0.496 e. The van der Waals surface area contributed by atoms with Crippen molar-refractivity contribution in [3.8, 4) is 16.9 Å². The van der Waals surface area contributed by atoms with Gasteiger partial charge in [-0.15, -0.1) is 0 Å². The van der Waals surface area contributed by atoms with Gasteiger partial charge in [0.05, 0.1) is 25.6 Å². The van der Waals surface area contributed by atoms with Crippen LogP contribution in [-0.2, 0) is 4.79 Å². The van der Waals surface area contributed by atoms with Gasteiger partial charge in [-0.05, 0) is 47.5 Å². The summed E-state index contributed by atoms with van der Waals surface area (Å²) < 4.78 is 38.4. The molecule has 0 bridgehead atoms. The normalized spacial score (nSPS) is 12.0. The van der Waals surface area contributed by atoms with E-state index < -0.39 is 23.5 Å². The van der Waals surface area contributed by atoms with Crippen LogP contribution in [-0.4, -0.2) is 23.2 Å². The minimum atomic E-state index is -1.08. The van der Waals surface area contributed by atoms with E-state index in [-0.39, 0.29) is 12.3 Å². The van der Waals surface area contributed by atoms with Crippen molar-refractivity contribution in [1.82, 2.24) is 4.98 Å². The van der Waals surface area contributed by atoms with Gasteiger partial charge < -0.3 is 14.3 Å². The van der Waals surface area contributed by atoms with Crippen LogP contribution in [0.1, 0.15) is 23.8 Å². The summed E-state index contributed by atoms with van der Waals surface area (Å²) in [6.45, 7) is 0. The molecule has 0 aliphatic heterocycles. The lowest BCUT2D eigenvalue weighted by atomic mass is 9.92. The number of carboxylic acid groups (broad SMARTS) is 1. The molecule has 1 aromatic heterocycles. The Kier molecular flexibility index (Phi) is 4.97. The van der Waals surface area contributed by atoms with E-state index in [0.717, 1.165) is 0 Å². The number of methoxy groups -OCH3 is 1. The van der Waals surface area contributed by atoms with Gasteiger partial charge in [0.25, 0.3) is 0 Å². The van der Waals surface area contributed by atoms with Gasteiger partial charge in [-0.3, -0.25) is 4.79 Å². The predicted molar refractivity (Wildman–Crippen MR) is 88.9 cm³/mol. The van der Waals surface area contributed by atoms with Crippen LogP contribution in [0.5, 0.6) is 5.75 Å². The zero-order valence-corrected chi connectivity index (χ0v) is 13.8. The zero-order chi connectivity index (χ0) is 18.7. The van der Waals surface area contributed by atoms with Gasteiger partial charge in [0.15, 0.2) is 0 Å². The van der Waals surface area contributed by atoms with E-state index in [2.05, 4.69) is 4.98 Å². The van der Waals surface area contributed by atoms with Gasteiger partial charge >= 0.3 is 5.97 Å². The monoisotopic (exact) mass is 359 g/mol. The number of ether oxygens (including phenoxy) is 1. The second-order valence-corrected chi connectivity index (χ2v) is 5.64. The summed E-state index contributed by atoms with van der Waals surface area (Å²) in [5, 5.41) is 9.19. The first-order valence-corrected chi connectivity index (χ1v) is 7.73. The summed E-state index contributed by atoms with van der Waals surface area (Å²) in [6.07, 6.45) is 2.38. The molecular formula is C19H15F2NO4. The fraction of sp³-hybridized carbons (Fsp3) is 0.158. The molecule has 5 nitrogen and oxygen atoms in total. The molecule has 0 saturated heterocycles. The van der Waals surface area contributed by atoms with Gasteiger partial charge in [-0.2, -0.15) is 0 Å². The van der Waals surface area contributed by atoms with Crippen LogP contribution in [0.4, 0.5) is 8.78 Å². The summed E-state index contributed by atoms with van der Waals surface area (Å²) in [7, 11) is 1.43. The maximum atomic E-state index is 14.3. The average Bonchev–Trinajstić information content (AvgIpc) is 3.13. The van der Waals surface area contributed by atoms with E-state index in [1.54, 1.807) is 6.07 Å². The number of hydrogen-bond acceptors (Lipinski definition) is 4. The van der Waals surface area contributed by atoms with Crippen molar-refractivity contribution in [2.75, 3.05) is 7.11 Å². The fourth-order valence-corrected chi connectivity index (χ4v) is 2.80. The van der Waals surface area contributed by atoms with Gasteiger partial charge in [0.1, 0.15) is 23.6 Å². The van der Waals surface area contributed by atoms with Gasteiger partial charge in [0, 0.05) is 5.56 Å². The maximum Gasteiger partial charge on any atom is 0.304 e. The van der Waals surface area contributed by atoms with Crippen LogP contribution in [0.3, 0.4) is 0 Å². The molecule has 7 heteroatoms. The number of nitrogens with zero attached hydrogens (tertiary/aromatic N) is 1. The Morgan fingerprint density at radius 1 is 1.23 bits per heavy atom. The van der Waals surface area contributed by atoms with Crippen LogP contribution in [0.2, 0.25) is 0 Å². The molecule has 1 atom stereocenters. The first-order valence-electron chi connectivity index (χ1n) is 7.73. The van der Waals surface area contributed by atoms with Gasteiger partial charge in [0.2, 0.25) is 5.89 Å². The quantitative estimate of drug-likeness (QED) is 0.713. The maximum absolute atomic E-state index is 14.3. The lowest BCUT2D eigenvalue weighted by Crippen LogP contribution is -2.09. The highest BCUT2D eigenvalue weighted by atomic mass is 19.1. The molecule has 1 unspecified atom stereocenters. The summed E-state index contributed by atoms with van der Waals surface area (Å²) in [5.41, 5.74) is 1.07. The molecule has 1 N–H and O–H groups in total. The van der Waals surface area contributed by atoms with E-state index in [4.69, 9.17) is 9.15 Å². The Balaban J connectivity index is 2.13. The van der Waals surface area contributed by atoms with Crippen molar-refractivity contribution >= 4 is 5.97 Å². The topological polar surface area (TPSA) is 72.6 Å². The number of rotatable bonds is 6. The number of halogens is 2. The molecule has 0 radical (unpaired) electrons. The van der Waals surface area contributed by atoms with E-state index >= 15 is 0 Å². The third-order valence-electron chi connectivity index (χ3n) is 3.92. The van der Waals surface area contributed by atoms with Crippen LogP contribution in [0, 0.1) is 11.6 Å². The Morgan fingerprint density at radius 3 is 2.69 bits per heavy atom. The van der Waals surface area contributed by atoms with Crippen LogP contribution >= 0.6 is 0 Å². The molecule has 0 aliphatic rings. The van der Waals surface area contributed by atoms with Crippen molar-refractivity contribution in [3.63, 3.8) is 0 Å². The number of carbonyl (C=O) groups is 1. The molecule has 2 aromatic carbocycles. The highest BCUT2D eigenvalue weighted by molar-refractivity contribution is 5.72. The minimum absolute atomic E-state index is 0.162. The molecular weight excluding hydrogens is 344 g/mol. The number of hydrogen-bond donors (Lipinski definition) is 1. The molecule has 0 aliphatic carbocycles. The van der Waals surface area contributed by atoms with E-state index in [1.165, 1.54) is 49.9 Å². The van der Waals surface area contributed by atoms with Crippen molar-refractivity contribution in [3.05, 3.63) is 71.9 Å². The average molecular weight is 359 g/mol. The zero-order valence-electron chi connectivity index (χ0n) is 13.8. The standard InChI is InChI=1S/C19H15F2NO4/c1-25-17-3-2-13(20)9-15(17)11-6-12(8-14(21)7-11)16(10-18(23)24)19-22-4-5-26-19/h2-9,16H,10H2,1H3,(H,23,24). The van der Waals surface area contributed by atoms with Crippen molar-refractivity contribution in [2.45, 2.75) is 12.3 Å². The molecule has 0 fully saturated rings. The third-order valence-corrected chi connectivity index (χ3v) is 3.92. The van der Waals surface area contributed by atoms with Crippen LogP contribution in [0.15, 0.2) is 53.3 Å². The summed E-state index contributed by atoms with van der Waals surface area (Å²) >= 11 is 0. The molecule has 134 valence electrons. The summed E-state index contributed by atoms with van der Waals surface area (Å²) in [5.74, 6) is -2.42. The number of aliphatic carboxylic acids is 1. The number of benzene rings is 2. The first kappa shape index (κ1) is 17.6. The largest absolute Gasteiger partial charge is 0.496 e. The van der Waals surface area contributed by atoms with Crippen LogP contribution < -0.4 is 4.74 Å². The van der Waals surface area contributed by atoms with E-state index in [0.29, 0.717) is 22.4 Å². The lowest BCUT2D eigenvalue weighted by molar-refractivity contribution is -0.137. The molecule has 26 heavy (non-hydrogen) atoms. The fourth-order valence-electron chi connectivity index (χ4n) is 2.80. The number of oxazole rings is 1. The summed E-state index contributed by atoms with van der Waals surface area (Å²) in [4.78, 5) is 15.2. The highest BCUT2D eigenvalue weighted by Crippen LogP contribution is 2.35. The van der Waals surface area contributed by atoms with Crippen molar-refractivity contribution < 1.29 is 27.8 Å². The molecule has 0 spiro atoms. The van der Waals surface area contributed by atoms with Crippen molar-refractivity contribution in [2.24, 2.45) is 0 Å². The van der Waals surface area contributed by atoms with Crippen LogP contribution in [0.25, 0.3) is 11.1 Å². The summed E-state index contributed by atoms with van der Waals surface area (Å²) in [6, 6.07) is 7.94. The highest BCUT2D eigenvalue weighted by Gasteiger charge is 2.23. The second kappa shape index (κ2) is 7.35. The third kappa shape index (κ3) is 3.72. The lowest BCUT2D eigenvalue weighted by Gasteiger charge is -2.15.